The molecule has 0 saturated heterocycles. The van der Waals surface area contributed by atoms with Crippen LogP contribution in [0.2, 0.25) is 0 Å². The normalized spacial score (nSPS) is 12.1. The highest BCUT2D eigenvalue weighted by Gasteiger charge is 2.14. The van der Waals surface area contributed by atoms with E-state index in [0.717, 1.165) is 0 Å². The topological polar surface area (TPSA) is 216 Å². The first kappa shape index (κ1) is 28.3. The van der Waals surface area contributed by atoms with E-state index in [4.69, 9.17) is 15.0 Å². The lowest BCUT2D eigenvalue weighted by Gasteiger charge is -2.08. The number of nitrogens with one attached hydrogen (secondary N) is 2. The minimum Gasteiger partial charge on any atom is -0.507 e. The van der Waals surface area contributed by atoms with Gasteiger partial charge in [-0.3, -0.25) is 10.9 Å². The van der Waals surface area contributed by atoms with Crippen LogP contribution in [0.1, 0.15) is 28.4 Å². The maximum Gasteiger partial charge on any atom is 0.338 e. The van der Waals surface area contributed by atoms with Crippen LogP contribution >= 0.6 is 0 Å². The van der Waals surface area contributed by atoms with Gasteiger partial charge in [-0.05, 0) is 67.6 Å². The summed E-state index contributed by atoms with van der Waals surface area (Å²) in [5, 5.41) is 28.9. The second-order valence-electron chi connectivity index (χ2n) is 7.60. The highest BCUT2D eigenvalue weighted by molar-refractivity contribution is 7.89. The molecule has 0 amide bonds. The fourth-order valence-corrected chi connectivity index (χ4v) is 4.03. The summed E-state index contributed by atoms with van der Waals surface area (Å²) < 4.78 is 50.5. The quantitative estimate of drug-likeness (QED) is 0.138. The zero-order valence-corrected chi connectivity index (χ0v) is 21.5. The Hall–Kier alpha value is -4.31. The van der Waals surface area contributed by atoms with Crippen LogP contribution in [0.4, 0.5) is 11.4 Å². The molecule has 15 heteroatoms. The lowest BCUT2D eigenvalue weighted by molar-refractivity contribution is 0.0526. The maximum absolute atomic E-state index is 12.3. The molecule has 0 radical (unpaired) electrons. The van der Waals surface area contributed by atoms with Crippen molar-refractivity contribution in [1.82, 2.24) is 0 Å². The number of rotatable bonds is 10. The van der Waals surface area contributed by atoms with E-state index in [1.54, 1.807) is 6.92 Å². The summed E-state index contributed by atoms with van der Waals surface area (Å²) in [6.45, 7) is 1.79. The third-order valence-electron chi connectivity index (χ3n) is 4.84. The van der Waals surface area contributed by atoms with Crippen molar-refractivity contribution >= 4 is 49.8 Å². The number of nitrogens with two attached hydrogens (primary N) is 2. The molecule has 200 valence electrons. The molecule has 0 aliphatic carbocycles. The van der Waals surface area contributed by atoms with Crippen LogP contribution in [-0.2, 0) is 24.8 Å². The summed E-state index contributed by atoms with van der Waals surface area (Å²) in [7, 11) is -7.67. The Morgan fingerprint density at radius 3 is 1.58 bits per heavy atom. The minimum atomic E-state index is -3.83. The van der Waals surface area contributed by atoms with Crippen molar-refractivity contribution in [2.45, 2.75) is 16.7 Å². The monoisotopic (exact) mass is 560 g/mol. The Labute approximate surface area is 218 Å². The van der Waals surface area contributed by atoms with E-state index in [9.17, 15) is 26.7 Å². The van der Waals surface area contributed by atoms with Gasteiger partial charge in [-0.25, -0.2) is 31.9 Å². The van der Waals surface area contributed by atoms with Gasteiger partial charge in [0.2, 0.25) is 20.0 Å². The molecule has 7 N–H and O–H groups in total. The molecule has 0 unspecified atom stereocenters. The highest BCUT2D eigenvalue weighted by atomic mass is 32.2. The van der Waals surface area contributed by atoms with E-state index in [1.807, 2.05) is 0 Å². The number of aromatic hydroxyl groups is 1. The molecular formula is C23H24N6O7S2. The minimum absolute atomic E-state index is 0.0651. The number of hydrazone groups is 2. The van der Waals surface area contributed by atoms with Crippen molar-refractivity contribution in [1.29, 1.82) is 0 Å². The first-order chi connectivity index (χ1) is 17.9. The molecule has 0 aromatic heterocycles. The number of benzene rings is 3. The molecule has 0 aliphatic heterocycles. The second kappa shape index (κ2) is 11.8. The maximum atomic E-state index is 12.3. The first-order valence-corrected chi connectivity index (χ1v) is 13.9. The van der Waals surface area contributed by atoms with Crippen molar-refractivity contribution in [3.63, 3.8) is 0 Å². The second-order valence-corrected chi connectivity index (χ2v) is 10.7. The van der Waals surface area contributed by atoms with E-state index in [2.05, 4.69) is 21.1 Å². The Morgan fingerprint density at radius 2 is 1.24 bits per heavy atom. The van der Waals surface area contributed by atoms with Gasteiger partial charge in [0.15, 0.2) is 0 Å². The number of carbonyl (C=O) groups excluding carboxylic acids is 1. The number of phenolic OH excluding ortho intramolecular Hbond substituents is 1. The van der Waals surface area contributed by atoms with Crippen molar-refractivity contribution in [2.75, 3.05) is 17.5 Å². The lowest BCUT2D eigenvalue weighted by Crippen LogP contribution is -2.11. The van der Waals surface area contributed by atoms with Crippen molar-refractivity contribution in [2.24, 2.45) is 20.5 Å². The van der Waals surface area contributed by atoms with Crippen LogP contribution in [0.25, 0.3) is 0 Å². The molecule has 0 heterocycles. The Balaban J connectivity index is 1.83. The van der Waals surface area contributed by atoms with Gasteiger partial charge in [0, 0.05) is 11.1 Å². The zero-order valence-electron chi connectivity index (χ0n) is 19.9. The van der Waals surface area contributed by atoms with Gasteiger partial charge in [0.1, 0.15) is 5.75 Å². The third kappa shape index (κ3) is 7.59. The molecule has 0 atom stereocenters. The Bertz CT molecular complexity index is 1480. The third-order valence-corrected chi connectivity index (χ3v) is 6.70. The predicted molar refractivity (Wildman–Crippen MR) is 142 cm³/mol. The van der Waals surface area contributed by atoms with Crippen LogP contribution in [0, 0.1) is 0 Å². The molecule has 3 aromatic rings. The van der Waals surface area contributed by atoms with Crippen LogP contribution < -0.4 is 21.1 Å². The van der Waals surface area contributed by atoms with Crippen LogP contribution in [0.3, 0.4) is 0 Å². The number of esters is 1. The van der Waals surface area contributed by atoms with Crippen LogP contribution in [0.5, 0.6) is 5.75 Å². The van der Waals surface area contributed by atoms with Gasteiger partial charge >= 0.3 is 5.97 Å². The molecule has 0 fully saturated rings. The predicted octanol–water partition coefficient (Wildman–Crippen LogP) is 1.76. The van der Waals surface area contributed by atoms with Crippen LogP contribution in [-0.4, -0.2) is 46.9 Å². The summed E-state index contributed by atoms with van der Waals surface area (Å²) in [6.07, 6.45) is 2.50. The van der Waals surface area contributed by atoms with E-state index in [0.29, 0.717) is 11.4 Å². The summed E-state index contributed by atoms with van der Waals surface area (Å²) in [5.74, 6) is -0.877. The molecule has 38 heavy (non-hydrogen) atoms. The molecule has 0 saturated carbocycles. The standard InChI is InChI=1S/C23H24N6O7S2/c1-2-36-23(31)15-11-16(13-26-28-18-3-7-20(8-4-18)37(24,32)33)22(30)17(12-15)14-27-29-19-5-9-21(10-6-19)38(25,34)35/h3-14,28-30H,2H2,1H3,(H2,24,32,33)(H2,25,34,35)/b26-13+,27-14+. The lowest BCUT2D eigenvalue weighted by atomic mass is 10.0. The number of sulfonamides is 2. The molecule has 0 aliphatic rings. The molecule has 3 rings (SSSR count). The number of primary sulfonamides is 2. The van der Waals surface area contributed by atoms with E-state index in [1.165, 1.54) is 73.1 Å². The zero-order chi connectivity index (χ0) is 27.9. The van der Waals surface area contributed by atoms with Gasteiger partial charge < -0.3 is 9.84 Å². The van der Waals surface area contributed by atoms with Crippen LogP contribution in [0.15, 0.2) is 80.7 Å². The van der Waals surface area contributed by atoms with Gasteiger partial charge in [0.05, 0.1) is 45.8 Å². The SMILES string of the molecule is CCOC(=O)c1cc(/C=N/Nc2ccc(S(N)(=O)=O)cc2)c(O)c(/C=N/Nc2ccc(S(N)(=O)=O)cc2)c1. The number of phenols is 1. The number of nitrogens with zero attached hydrogens (tertiary/aromatic N) is 2. The van der Waals surface area contributed by atoms with Crippen molar-refractivity contribution in [3.8, 4) is 5.75 Å². The van der Waals surface area contributed by atoms with E-state index >= 15 is 0 Å². The van der Waals surface area contributed by atoms with Gasteiger partial charge in [-0.2, -0.15) is 10.2 Å². The van der Waals surface area contributed by atoms with Gasteiger partial charge in [-0.1, -0.05) is 0 Å². The van der Waals surface area contributed by atoms with Gasteiger partial charge in [-0.15, -0.1) is 0 Å². The van der Waals surface area contributed by atoms with E-state index < -0.39 is 26.0 Å². The van der Waals surface area contributed by atoms with Gasteiger partial charge in [0.25, 0.3) is 0 Å². The Kier molecular flexibility index (Phi) is 8.80. The molecule has 13 nitrogen and oxygen atoms in total. The number of hydrogen-bond acceptors (Lipinski definition) is 11. The summed E-state index contributed by atoms with van der Waals surface area (Å²) in [4.78, 5) is 12.2. The number of ether oxygens (including phenoxy) is 1. The van der Waals surface area contributed by atoms with Crippen molar-refractivity contribution in [3.05, 3.63) is 77.4 Å². The molecular weight excluding hydrogens is 536 g/mol. The smallest absolute Gasteiger partial charge is 0.338 e. The number of anilines is 2. The fraction of sp³-hybridized carbons (Fsp3) is 0.0870. The molecule has 0 bridgehead atoms. The number of carbonyl (C=O) groups is 1. The number of hydrogen-bond donors (Lipinski definition) is 5. The molecule has 3 aromatic carbocycles. The summed E-state index contributed by atoms with van der Waals surface area (Å²) >= 11 is 0. The highest BCUT2D eigenvalue weighted by Crippen LogP contribution is 2.23. The Morgan fingerprint density at radius 1 is 0.842 bits per heavy atom. The first-order valence-electron chi connectivity index (χ1n) is 10.8. The fourth-order valence-electron chi connectivity index (χ4n) is 3.00. The average molecular weight is 561 g/mol. The molecule has 0 spiro atoms. The van der Waals surface area contributed by atoms with Crippen molar-refractivity contribution < 1.29 is 31.5 Å². The van der Waals surface area contributed by atoms with E-state index in [-0.39, 0.29) is 38.8 Å². The average Bonchev–Trinajstić information content (AvgIpc) is 2.85. The largest absolute Gasteiger partial charge is 0.507 e. The summed E-state index contributed by atoms with van der Waals surface area (Å²) in [5.41, 5.74) is 6.68. The summed E-state index contributed by atoms with van der Waals surface area (Å²) in [6, 6.07) is 13.8.